The van der Waals surface area contributed by atoms with Crippen LogP contribution in [0.2, 0.25) is 0 Å². The lowest BCUT2D eigenvalue weighted by Gasteiger charge is -2.49. The van der Waals surface area contributed by atoms with E-state index in [1.54, 1.807) is 37.3 Å². The molecule has 0 bridgehead atoms. The molecule has 0 saturated carbocycles. The summed E-state index contributed by atoms with van der Waals surface area (Å²) in [6, 6.07) is 7.94. The van der Waals surface area contributed by atoms with Gasteiger partial charge in [-0.25, -0.2) is 4.79 Å². The molecule has 22 heavy (non-hydrogen) atoms. The van der Waals surface area contributed by atoms with Crippen molar-refractivity contribution in [2.24, 2.45) is 0 Å². The lowest BCUT2D eigenvalue weighted by atomic mass is 10.0. The number of nitrogens with zero attached hydrogens (tertiary/aromatic N) is 1. The van der Waals surface area contributed by atoms with Crippen LogP contribution < -0.4 is 5.32 Å². The summed E-state index contributed by atoms with van der Waals surface area (Å²) in [6.45, 7) is 1.70. The number of carbonyl (C=O) groups excluding carboxylic acids is 2. The second-order valence-corrected chi connectivity index (χ2v) is 6.27. The highest BCUT2D eigenvalue weighted by molar-refractivity contribution is 8.00. The first-order chi connectivity index (χ1) is 10.5. The van der Waals surface area contributed by atoms with Crippen molar-refractivity contribution in [2.45, 2.75) is 18.3 Å². The van der Waals surface area contributed by atoms with Crippen molar-refractivity contribution in [2.75, 3.05) is 5.75 Å². The molecule has 2 amide bonds. The van der Waals surface area contributed by atoms with Gasteiger partial charge in [0.1, 0.15) is 17.1 Å². The molecule has 1 aromatic rings. The molecule has 1 fully saturated rings. The molecule has 0 aromatic heterocycles. The largest absolute Gasteiger partial charge is 0.477 e. The first-order valence-electron chi connectivity index (χ1n) is 6.74. The standard InChI is InChI=1S/C15H14N2O4S/c1-8-7-22-14-10(13(19)17(14)11(8)15(20)21)16-12(18)9-5-3-2-4-6-9/h2-6,10,14H,7H2,1H3,(H,16,18)(H,20,21)/t10?,14-/m0/s1. The van der Waals surface area contributed by atoms with Crippen LogP contribution in [-0.4, -0.2) is 45.0 Å². The topological polar surface area (TPSA) is 86.7 Å². The van der Waals surface area contributed by atoms with Crippen molar-refractivity contribution in [3.8, 4) is 0 Å². The molecule has 114 valence electrons. The van der Waals surface area contributed by atoms with Crippen molar-refractivity contribution < 1.29 is 19.5 Å². The van der Waals surface area contributed by atoms with Crippen molar-refractivity contribution in [1.29, 1.82) is 0 Å². The second kappa shape index (κ2) is 5.49. The average Bonchev–Trinajstić information content (AvgIpc) is 2.52. The molecular formula is C15H14N2O4S. The van der Waals surface area contributed by atoms with Crippen LogP contribution in [0, 0.1) is 0 Å². The number of aliphatic carboxylic acids is 1. The number of hydrogen-bond donors (Lipinski definition) is 2. The Morgan fingerprint density at radius 3 is 2.64 bits per heavy atom. The lowest BCUT2D eigenvalue weighted by Crippen LogP contribution is -2.70. The summed E-state index contributed by atoms with van der Waals surface area (Å²) in [4.78, 5) is 36.9. The van der Waals surface area contributed by atoms with Crippen LogP contribution in [0.4, 0.5) is 0 Å². The number of fused-ring (bicyclic) bond motifs is 1. The predicted octanol–water partition coefficient (Wildman–Crippen LogP) is 1.06. The van der Waals surface area contributed by atoms with Crippen molar-refractivity contribution in [3.63, 3.8) is 0 Å². The van der Waals surface area contributed by atoms with Gasteiger partial charge in [0.25, 0.3) is 11.8 Å². The zero-order valence-electron chi connectivity index (χ0n) is 11.8. The number of rotatable bonds is 3. The Kier molecular flexibility index (Phi) is 3.66. The van der Waals surface area contributed by atoms with E-state index >= 15 is 0 Å². The number of hydrogen-bond acceptors (Lipinski definition) is 4. The van der Waals surface area contributed by atoms with E-state index in [1.165, 1.54) is 16.7 Å². The minimum atomic E-state index is -1.11. The van der Waals surface area contributed by atoms with Gasteiger partial charge in [0.2, 0.25) is 0 Å². The molecule has 1 aromatic carbocycles. The number of thioether (sulfide) groups is 1. The third-order valence-corrected chi connectivity index (χ3v) is 5.11. The van der Waals surface area contributed by atoms with Gasteiger partial charge in [-0.3, -0.25) is 14.5 Å². The third kappa shape index (κ3) is 2.27. The molecule has 1 unspecified atom stereocenters. The fourth-order valence-corrected chi connectivity index (χ4v) is 3.88. The molecule has 6 nitrogen and oxygen atoms in total. The highest BCUT2D eigenvalue weighted by Gasteiger charge is 2.53. The van der Waals surface area contributed by atoms with E-state index < -0.39 is 12.0 Å². The highest BCUT2D eigenvalue weighted by atomic mass is 32.2. The van der Waals surface area contributed by atoms with Gasteiger partial charge in [-0.05, 0) is 24.6 Å². The Balaban J connectivity index is 1.76. The second-order valence-electron chi connectivity index (χ2n) is 5.16. The highest BCUT2D eigenvalue weighted by Crippen LogP contribution is 2.40. The van der Waals surface area contributed by atoms with Gasteiger partial charge in [0.05, 0.1) is 0 Å². The maximum atomic E-state index is 12.2. The van der Waals surface area contributed by atoms with E-state index in [4.69, 9.17) is 0 Å². The van der Waals surface area contributed by atoms with Gasteiger partial charge >= 0.3 is 5.97 Å². The molecular weight excluding hydrogens is 304 g/mol. The molecule has 2 aliphatic rings. The minimum Gasteiger partial charge on any atom is -0.477 e. The van der Waals surface area contributed by atoms with Crippen molar-refractivity contribution in [3.05, 3.63) is 47.2 Å². The van der Waals surface area contributed by atoms with E-state index in [9.17, 15) is 19.5 Å². The molecule has 0 radical (unpaired) electrons. The summed E-state index contributed by atoms with van der Waals surface area (Å²) in [5.41, 5.74) is 1.17. The van der Waals surface area contributed by atoms with Crippen LogP contribution in [0.5, 0.6) is 0 Å². The fourth-order valence-electron chi connectivity index (χ4n) is 2.59. The van der Waals surface area contributed by atoms with E-state index in [1.807, 2.05) is 0 Å². The van der Waals surface area contributed by atoms with E-state index in [0.29, 0.717) is 16.9 Å². The van der Waals surface area contributed by atoms with Crippen LogP contribution >= 0.6 is 11.8 Å². The summed E-state index contributed by atoms with van der Waals surface area (Å²) in [6.07, 6.45) is 0. The molecule has 2 N–H and O–H groups in total. The number of β-lactam (4-membered cyclic amide) rings is 1. The summed E-state index contributed by atoms with van der Waals surface area (Å²) in [5, 5.41) is 11.6. The SMILES string of the molecule is CC1=C(C(=O)O)N2C(=O)C(NC(=O)c3ccccc3)[C@@H]2SC1. The van der Waals surface area contributed by atoms with Gasteiger partial charge in [-0.2, -0.15) is 0 Å². The number of nitrogens with one attached hydrogen (secondary N) is 1. The van der Waals surface area contributed by atoms with Crippen molar-refractivity contribution >= 4 is 29.5 Å². The average molecular weight is 318 g/mol. The Labute approximate surface area is 131 Å². The monoisotopic (exact) mass is 318 g/mol. The summed E-state index contributed by atoms with van der Waals surface area (Å²) >= 11 is 1.46. The number of carboxylic acids is 1. The molecule has 7 heteroatoms. The van der Waals surface area contributed by atoms with Gasteiger partial charge < -0.3 is 10.4 Å². The quantitative estimate of drug-likeness (QED) is 0.814. The zero-order chi connectivity index (χ0) is 15.9. The Morgan fingerprint density at radius 2 is 2.00 bits per heavy atom. The van der Waals surface area contributed by atoms with Crippen LogP contribution in [-0.2, 0) is 9.59 Å². The number of carboxylic acid groups (broad SMARTS) is 1. The molecule has 0 spiro atoms. The zero-order valence-corrected chi connectivity index (χ0v) is 12.6. The van der Waals surface area contributed by atoms with E-state index in [0.717, 1.165) is 0 Å². The Morgan fingerprint density at radius 1 is 1.32 bits per heavy atom. The summed E-state index contributed by atoms with van der Waals surface area (Å²) in [7, 11) is 0. The molecule has 2 aliphatic heterocycles. The third-order valence-electron chi connectivity index (χ3n) is 3.68. The fraction of sp³-hybridized carbons (Fsp3) is 0.267. The van der Waals surface area contributed by atoms with Crippen LogP contribution in [0.1, 0.15) is 17.3 Å². The van der Waals surface area contributed by atoms with Crippen molar-refractivity contribution in [1.82, 2.24) is 10.2 Å². The summed E-state index contributed by atoms with van der Waals surface area (Å²) in [5.74, 6) is -1.28. The van der Waals surface area contributed by atoms with E-state index in [2.05, 4.69) is 5.32 Å². The van der Waals surface area contributed by atoms with Gasteiger partial charge in [0, 0.05) is 11.3 Å². The van der Waals surface area contributed by atoms with Gasteiger partial charge in [-0.1, -0.05) is 18.2 Å². The molecule has 3 rings (SSSR count). The van der Waals surface area contributed by atoms with Crippen LogP contribution in [0.15, 0.2) is 41.6 Å². The van der Waals surface area contributed by atoms with Crippen LogP contribution in [0.3, 0.4) is 0 Å². The molecule has 0 aliphatic carbocycles. The van der Waals surface area contributed by atoms with Gasteiger partial charge in [-0.15, -0.1) is 11.8 Å². The van der Waals surface area contributed by atoms with E-state index in [-0.39, 0.29) is 22.9 Å². The summed E-state index contributed by atoms with van der Waals surface area (Å²) < 4.78 is 0. The number of amides is 2. The smallest absolute Gasteiger partial charge is 0.352 e. The lowest BCUT2D eigenvalue weighted by molar-refractivity contribution is -0.148. The maximum absolute atomic E-state index is 12.2. The first-order valence-corrected chi connectivity index (χ1v) is 7.79. The van der Waals surface area contributed by atoms with Crippen LogP contribution in [0.25, 0.3) is 0 Å². The molecule has 2 heterocycles. The Hall–Kier alpha value is -2.28. The first kappa shape index (κ1) is 14.6. The number of carbonyl (C=O) groups is 3. The minimum absolute atomic E-state index is 0.0407. The molecule has 1 saturated heterocycles. The molecule has 2 atom stereocenters. The maximum Gasteiger partial charge on any atom is 0.352 e. The normalized spacial score (nSPS) is 23.7. The Bertz CT molecular complexity index is 686. The predicted molar refractivity (Wildman–Crippen MR) is 81.1 cm³/mol. The van der Waals surface area contributed by atoms with Gasteiger partial charge in [0.15, 0.2) is 0 Å². The number of benzene rings is 1.